The van der Waals surface area contributed by atoms with Crippen molar-refractivity contribution in [3.8, 4) is 6.07 Å². The van der Waals surface area contributed by atoms with Crippen LogP contribution < -0.4 is 5.32 Å². The minimum Gasteiger partial charge on any atom is -0.316 e. The van der Waals surface area contributed by atoms with E-state index in [1.807, 2.05) is 18.2 Å². The number of pyridine rings is 1. The number of nitriles is 1. The van der Waals surface area contributed by atoms with Gasteiger partial charge in [0.15, 0.2) is 0 Å². The maximum Gasteiger partial charge on any atom is 0.235 e. The molecule has 6 heteroatoms. The van der Waals surface area contributed by atoms with Crippen LogP contribution in [0, 0.1) is 22.7 Å². The Bertz CT molecular complexity index is 852. The average molecular weight is 400 g/mol. The first-order valence-electron chi connectivity index (χ1n) is 9.33. The van der Waals surface area contributed by atoms with E-state index in [0.29, 0.717) is 21.9 Å². The van der Waals surface area contributed by atoms with Gasteiger partial charge in [0.1, 0.15) is 11.1 Å². The van der Waals surface area contributed by atoms with Gasteiger partial charge in [0.25, 0.3) is 0 Å². The van der Waals surface area contributed by atoms with Gasteiger partial charge in [0.2, 0.25) is 5.91 Å². The highest BCUT2D eigenvalue weighted by Crippen LogP contribution is 2.45. The SMILES string of the molecule is CCC(C)(C)C1CCc2c(sc(NC(=O)CSc3ccccn3)c2C#N)C1. The lowest BCUT2D eigenvalue weighted by Crippen LogP contribution is -2.28. The van der Waals surface area contributed by atoms with Gasteiger partial charge in [-0.05, 0) is 48.3 Å². The molecule has 1 N–H and O–H groups in total. The van der Waals surface area contributed by atoms with E-state index >= 15 is 0 Å². The first-order valence-corrected chi connectivity index (χ1v) is 11.1. The topological polar surface area (TPSA) is 65.8 Å². The van der Waals surface area contributed by atoms with Crippen LogP contribution in [-0.4, -0.2) is 16.6 Å². The lowest BCUT2D eigenvalue weighted by Gasteiger charge is -2.36. The number of nitrogens with zero attached hydrogens (tertiary/aromatic N) is 2. The van der Waals surface area contributed by atoms with Crippen molar-refractivity contribution >= 4 is 34.0 Å². The molecule has 0 saturated carbocycles. The number of hydrogen-bond acceptors (Lipinski definition) is 5. The molecule has 0 bridgehead atoms. The molecule has 0 fully saturated rings. The van der Waals surface area contributed by atoms with Crippen molar-refractivity contribution in [2.75, 3.05) is 11.1 Å². The largest absolute Gasteiger partial charge is 0.316 e. The molecule has 2 heterocycles. The van der Waals surface area contributed by atoms with Gasteiger partial charge in [-0.1, -0.05) is 45.0 Å². The van der Waals surface area contributed by atoms with Crippen LogP contribution in [0.1, 0.15) is 49.6 Å². The maximum atomic E-state index is 12.4. The highest BCUT2D eigenvalue weighted by molar-refractivity contribution is 7.99. The smallest absolute Gasteiger partial charge is 0.235 e. The molecule has 1 unspecified atom stereocenters. The molecule has 3 rings (SSSR count). The van der Waals surface area contributed by atoms with E-state index in [4.69, 9.17) is 0 Å². The van der Waals surface area contributed by atoms with E-state index in [2.05, 4.69) is 37.1 Å². The van der Waals surface area contributed by atoms with Gasteiger partial charge >= 0.3 is 0 Å². The van der Waals surface area contributed by atoms with Gasteiger partial charge in [-0.2, -0.15) is 5.26 Å². The Hall–Kier alpha value is -1.84. The molecule has 1 amide bonds. The van der Waals surface area contributed by atoms with E-state index in [0.717, 1.165) is 36.3 Å². The van der Waals surface area contributed by atoms with Crippen molar-refractivity contribution in [2.45, 2.75) is 51.5 Å². The zero-order valence-electron chi connectivity index (χ0n) is 16.0. The summed E-state index contributed by atoms with van der Waals surface area (Å²) in [6.45, 7) is 6.91. The molecule has 0 aromatic carbocycles. The number of fused-ring (bicyclic) bond motifs is 1. The second kappa shape index (κ2) is 8.45. The van der Waals surface area contributed by atoms with Gasteiger partial charge in [0, 0.05) is 11.1 Å². The lowest BCUT2D eigenvalue weighted by molar-refractivity contribution is -0.113. The Morgan fingerprint density at radius 2 is 2.30 bits per heavy atom. The van der Waals surface area contributed by atoms with E-state index in [9.17, 15) is 10.1 Å². The number of aromatic nitrogens is 1. The molecule has 1 aliphatic carbocycles. The predicted molar refractivity (Wildman–Crippen MR) is 112 cm³/mol. The Kier molecular flexibility index (Phi) is 6.23. The first kappa shape index (κ1) is 19.9. The third-order valence-corrected chi connectivity index (χ3v) is 7.75. The van der Waals surface area contributed by atoms with Gasteiger partial charge in [0.05, 0.1) is 16.3 Å². The molecule has 2 aromatic rings. The molecule has 0 aliphatic heterocycles. The summed E-state index contributed by atoms with van der Waals surface area (Å²) in [7, 11) is 0. The van der Waals surface area contributed by atoms with Gasteiger partial charge < -0.3 is 5.32 Å². The second-order valence-corrected chi connectivity index (χ2v) is 9.71. The number of carbonyl (C=O) groups is 1. The minimum atomic E-state index is -0.0915. The van der Waals surface area contributed by atoms with E-state index in [-0.39, 0.29) is 11.7 Å². The van der Waals surface area contributed by atoms with E-state index in [1.54, 1.807) is 17.5 Å². The van der Waals surface area contributed by atoms with Crippen molar-refractivity contribution in [3.05, 3.63) is 40.4 Å². The quantitative estimate of drug-likeness (QED) is 0.671. The normalized spacial score (nSPS) is 16.4. The fraction of sp³-hybridized carbons (Fsp3) is 0.476. The number of nitrogens with one attached hydrogen (secondary N) is 1. The molecule has 1 atom stereocenters. The Morgan fingerprint density at radius 3 is 2.96 bits per heavy atom. The number of amides is 1. The van der Waals surface area contributed by atoms with Gasteiger partial charge in [-0.15, -0.1) is 11.3 Å². The maximum absolute atomic E-state index is 12.4. The summed E-state index contributed by atoms with van der Waals surface area (Å²) >= 11 is 2.99. The van der Waals surface area contributed by atoms with Crippen molar-refractivity contribution < 1.29 is 4.79 Å². The third-order valence-electron chi connectivity index (χ3n) is 5.64. The minimum absolute atomic E-state index is 0.0915. The summed E-state index contributed by atoms with van der Waals surface area (Å²) < 4.78 is 0. The van der Waals surface area contributed by atoms with Crippen LogP contribution in [0.4, 0.5) is 5.00 Å². The first-order chi connectivity index (χ1) is 12.9. The van der Waals surface area contributed by atoms with Crippen molar-refractivity contribution in [3.63, 3.8) is 0 Å². The molecular formula is C21H25N3OS2. The number of carbonyl (C=O) groups excluding carboxylic acids is 1. The Balaban J connectivity index is 1.70. The van der Waals surface area contributed by atoms with Crippen LogP contribution in [0.3, 0.4) is 0 Å². The molecule has 27 heavy (non-hydrogen) atoms. The monoisotopic (exact) mass is 399 g/mol. The lowest BCUT2D eigenvalue weighted by atomic mass is 9.69. The summed E-state index contributed by atoms with van der Waals surface area (Å²) in [5.41, 5.74) is 2.12. The second-order valence-electron chi connectivity index (χ2n) is 7.61. The molecular weight excluding hydrogens is 374 g/mol. The number of anilines is 1. The molecule has 142 valence electrons. The van der Waals surface area contributed by atoms with Crippen LogP contribution in [0.15, 0.2) is 29.4 Å². The molecule has 2 aromatic heterocycles. The highest BCUT2D eigenvalue weighted by atomic mass is 32.2. The molecule has 0 saturated heterocycles. The summed E-state index contributed by atoms with van der Waals surface area (Å²) in [5.74, 6) is 0.824. The van der Waals surface area contributed by atoms with E-state index in [1.165, 1.54) is 16.6 Å². The zero-order chi connectivity index (χ0) is 19.4. The van der Waals surface area contributed by atoms with Crippen LogP contribution >= 0.6 is 23.1 Å². The fourth-order valence-electron chi connectivity index (χ4n) is 3.48. The van der Waals surface area contributed by atoms with Gasteiger partial charge in [-0.25, -0.2) is 4.98 Å². The van der Waals surface area contributed by atoms with Gasteiger partial charge in [-0.3, -0.25) is 4.79 Å². The van der Waals surface area contributed by atoms with Crippen molar-refractivity contribution in [2.24, 2.45) is 11.3 Å². The highest BCUT2D eigenvalue weighted by Gasteiger charge is 2.34. The molecule has 0 spiro atoms. The summed E-state index contributed by atoms with van der Waals surface area (Å²) in [5, 5.41) is 14.1. The Morgan fingerprint density at radius 1 is 1.48 bits per heavy atom. The molecule has 0 radical (unpaired) electrons. The zero-order valence-corrected chi connectivity index (χ0v) is 17.7. The van der Waals surface area contributed by atoms with Crippen LogP contribution in [0.25, 0.3) is 0 Å². The standard InChI is InChI=1S/C21H25N3OS2/c1-4-21(2,3)14-8-9-15-16(12-22)20(27-17(15)11-14)24-18(25)13-26-19-7-5-6-10-23-19/h5-7,10,14H,4,8-9,11,13H2,1-3H3,(H,24,25). The average Bonchev–Trinajstić information content (AvgIpc) is 3.03. The summed E-state index contributed by atoms with van der Waals surface area (Å²) in [6, 6.07) is 7.97. The molecule has 4 nitrogen and oxygen atoms in total. The van der Waals surface area contributed by atoms with Crippen LogP contribution in [0.5, 0.6) is 0 Å². The fourth-order valence-corrected chi connectivity index (χ4v) is 5.44. The van der Waals surface area contributed by atoms with Crippen molar-refractivity contribution in [1.29, 1.82) is 5.26 Å². The van der Waals surface area contributed by atoms with Crippen LogP contribution in [0.2, 0.25) is 0 Å². The van der Waals surface area contributed by atoms with E-state index < -0.39 is 0 Å². The predicted octanol–water partition coefficient (Wildman–Crippen LogP) is 5.29. The van der Waals surface area contributed by atoms with Crippen molar-refractivity contribution in [1.82, 2.24) is 4.98 Å². The summed E-state index contributed by atoms with van der Waals surface area (Å²) in [4.78, 5) is 17.9. The van der Waals surface area contributed by atoms with Crippen LogP contribution in [-0.2, 0) is 17.6 Å². The number of thioether (sulfide) groups is 1. The number of rotatable bonds is 6. The number of hydrogen-bond donors (Lipinski definition) is 1. The Labute approximate surface area is 169 Å². The third kappa shape index (κ3) is 4.53. The number of thiophene rings is 1. The summed E-state index contributed by atoms with van der Waals surface area (Å²) in [6.07, 6.45) is 5.92. The molecule has 1 aliphatic rings.